The Hall–Kier alpha value is -1.01. The highest BCUT2D eigenvalue weighted by Crippen LogP contribution is 2.44. The van der Waals surface area contributed by atoms with E-state index in [2.05, 4.69) is 5.32 Å². The maximum Gasteiger partial charge on any atom is 0.337 e. The average molecular weight is 448 g/mol. The summed E-state index contributed by atoms with van der Waals surface area (Å²) in [6.45, 7) is 3.62. The van der Waals surface area contributed by atoms with Crippen LogP contribution in [0, 0.1) is 5.92 Å². The summed E-state index contributed by atoms with van der Waals surface area (Å²) in [6.07, 6.45) is 0.112. The molecule has 1 unspecified atom stereocenters. The molecule has 0 aliphatic heterocycles. The minimum atomic E-state index is -4.53. The second-order valence-corrected chi connectivity index (χ2v) is 10.2. The van der Waals surface area contributed by atoms with Crippen molar-refractivity contribution >= 4 is 54.2 Å². The van der Waals surface area contributed by atoms with Crippen molar-refractivity contribution < 1.29 is 19.1 Å². The summed E-state index contributed by atoms with van der Waals surface area (Å²) in [5, 5.41) is 3.54. The third-order valence-corrected chi connectivity index (χ3v) is 6.65. The van der Waals surface area contributed by atoms with E-state index < -0.39 is 19.2 Å². The highest BCUT2D eigenvalue weighted by atomic mass is 35.5. The van der Waals surface area contributed by atoms with Gasteiger partial charge in [0.1, 0.15) is 5.66 Å². The topological polar surface area (TPSA) is 86.6 Å². The van der Waals surface area contributed by atoms with Gasteiger partial charge in [0.2, 0.25) is 5.91 Å². The van der Waals surface area contributed by atoms with Crippen molar-refractivity contribution in [1.82, 2.24) is 0 Å². The van der Waals surface area contributed by atoms with Crippen molar-refractivity contribution in [3.63, 3.8) is 0 Å². The van der Waals surface area contributed by atoms with Gasteiger partial charge in [-0.15, -0.1) is 0 Å². The van der Waals surface area contributed by atoms with E-state index in [9.17, 15) is 19.1 Å². The number of anilines is 1. The zero-order valence-electron chi connectivity index (χ0n) is 14.7. The van der Waals surface area contributed by atoms with Crippen LogP contribution in [0.2, 0.25) is 10.0 Å². The lowest BCUT2D eigenvalue weighted by atomic mass is 10.1. The standard InChI is InChI=1S/C18H20Cl2NO4PS/c1-11(2)9-17(26(23,24)25)18(22)21-12-3-5-13(6-4-12)27-14-7-8-15(19)16(20)10-14/h3-8,10-11,17H,9H2,1-2H3,(H,21,22)(H2,23,24,25). The molecule has 3 N–H and O–H groups in total. The number of carbonyl (C=O) groups excluding carboxylic acids is 1. The van der Waals surface area contributed by atoms with Crippen LogP contribution in [-0.4, -0.2) is 21.4 Å². The molecule has 1 amide bonds. The molecule has 2 aromatic rings. The zero-order valence-corrected chi connectivity index (χ0v) is 17.9. The number of amides is 1. The first-order chi connectivity index (χ1) is 12.6. The van der Waals surface area contributed by atoms with Gasteiger partial charge in [-0.25, -0.2) is 0 Å². The van der Waals surface area contributed by atoms with Crippen LogP contribution in [-0.2, 0) is 9.36 Å². The Morgan fingerprint density at radius 2 is 1.67 bits per heavy atom. The molecule has 27 heavy (non-hydrogen) atoms. The Morgan fingerprint density at radius 3 is 2.19 bits per heavy atom. The minimum Gasteiger partial charge on any atom is -0.325 e. The predicted octanol–water partition coefficient (Wildman–Crippen LogP) is 5.68. The summed E-state index contributed by atoms with van der Waals surface area (Å²) in [5.41, 5.74) is -0.886. The maximum atomic E-state index is 12.3. The summed E-state index contributed by atoms with van der Waals surface area (Å²) in [4.78, 5) is 33.0. The predicted molar refractivity (Wildman–Crippen MR) is 111 cm³/mol. The molecule has 5 nitrogen and oxygen atoms in total. The Morgan fingerprint density at radius 1 is 1.07 bits per heavy atom. The van der Waals surface area contributed by atoms with Crippen molar-refractivity contribution in [3.05, 3.63) is 52.5 Å². The van der Waals surface area contributed by atoms with Crippen molar-refractivity contribution in [2.75, 3.05) is 5.32 Å². The SMILES string of the molecule is CC(C)CC(C(=O)Nc1ccc(Sc2ccc(Cl)c(Cl)c2)cc1)P(=O)(O)O. The number of nitrogens with one attached hydrogen (secondary N) is 1. The first kappa shape index (κ1) is 22.3. The monoisotopic (exact) mass is 447 g/mol. The average Bonchev–Trinajstić information content (AvgIpc) is 2.56. The fourth-order valence-corrected chi connectivity index (χ4v) is 4.64. The molecule has 0 fully saturated rings. The van der Waals surface area contributed by atoms with Crippen LogP contribution < -0.4 is 5.32 Å². The highest BCUT2D eigenvalue weighted by molar-refractivity contribution is 7.99. The van der Waals surface area contributed by atoms with E-state index >= 15 is 0 Å². The Kier molecular flexibility index (Phi) is 7.81. The van der Waals surface area contributed by atoms with Gasteiger partial charge in [-0.3, -0.25) is 9.36 Å². The van der Waals surface area contributed by atoms with Gasteiger partial charge >= 0.3 is 7.60 Å². The van der Waals surface area contributed by atoms with E-state index in [-0.39, 0.29) is 12.3 Å². The number of halogens is 2. The van der Waals surface area contributed by atoms with Crippen molar-refractivity contribution in [2.24, 2.45) is 5.92 Å². The quantitative estimate of drug-likeness (QED) is 0.475. The van der Waals surface area contributed by atoms with Gasteiger partial charge < -0.3 is 15.1 Å². The number of rotatable bonds is 7. The number of hydrogen-bond donors (Lipinski definition) is 3. The maximum absolute atomic E-state index is 12.3. The van der Waals surface area contributed by atoms with Crippen LogP contribution in [0.25, 0.3) is 0 Å². The third kappa shape index (κ3) is 6.83. The van der Waals surface area contributed by atoms with Gasteiger partial charge in [0.05, 0.1) is 10.0 Å². The number of benzene rings is 2. The molecule has 0 heterocycles. The molecule has 146 valence electrons. The van der Waals surface area contributed by atoms with Crippen LogP contribution >= 0.6 is 42.6 Å². The molecule has 0 saturated heterocycles. The summed E-state index contributed by atoms with van der Waals surface area (Å²) in [7, 11) is -4.53. The molecule has 0 aromatic heterocycles. The first-order valence-corrected chi connectivity index (χ1v) is 11.4. The molecule has 0 aliphatic carbocycles. The molecule has 1 atom stereocenters. The van der Waals surface area contributed by atoms with Gasteiger partial charge in [0, 0.05) is 15.5 Å². The molecular formula is C18H20Cl2NO4PS. The van der Waals surface area contributed by atoms with Gasteiger partial charge in [-0.05, 0) is 54.8 Å². The Bertz CT molecular complexity index is 855. The first-order valence-electron chi connectivity index (χ1n) is 8.15. The van der Waals surface area contributed by atoms with Crippen molar-refractivity contribution in [3.8, 4) is 0 Å². The number of hydrogen-bond acceptors (Lipinski definition) is 3. The third-order valence-electron chi connectivity index (χ3n) is 3.65. The molecule has 9 heteroatoms. The van der Waals surface area contributed by atoms with Crippen LogP contribution in [0.5, 0.6) is 0 Å². The van der Waals surface area contributed by atoms with E-state index in [1.54, 1.807) is 36.4 Å². The van der Waals surface area contributed by atoms with Gasteiger partial charge in [0.15, 0.2) is 0 Å². The van der Waals surface area contributed by atoms with E-state index in [1.165, 1.54) is 11.8 Å². The summed E-state index contributed by atoms with van der Waals surface area (Å²) in [5.74, 6) is -0.694. The van der Waals surface area contributed by atoms with E-state index in [0.717, 1.165) is 9.79 Å². The lowest BCUT2D eigenvalue weighted by Crippen LogP contribution is -2.29. The normalized spacial score (nSPS) is 12.9. The van der Waals surface area contributed by atoms with Gasteiger partial charge in [-0.2, -0.15) is 0 Å². The molecule has 0 aliphatic rings. The fourth-order valence-electron chi connectivity index (χ4n) is 2.35. The molecule has 0 saturated carbocycles. The second-order valence-electron chi connectivity index (χ2n) is 6.43. The van der Waals surface area contributed by atoms with Gasteiger partial charge in [-0.1, -0.05) is 48.8 Å². The van der Waals surface area contributed by atoms with Crippen molar-refractivity contribution in [2.45, 2.75) is 35.7 Å². The van der Waals surface area contributed by atoms with Gasteiger partial charge in [0.25, 0.3) is 0 Å². The van der Waals surface area contributed by atoms with E-state index in [4.69, 9.17) is 23.2 Å². The van der Waals surface area contributed by atoms with Crippen LogP contribution in [0.4, 0.5) is 5.69 Å². The lowest BCUT2D eigenvalue weighted by molar-refractivity contribution is -0.116. The Balaban J connectivity index is 2.06. The molecule has 0 bridgehead atoms. The number of carbonyl (C=O) groups is 1. The zero-order chi connectivity index (χ0) is 20.2. The van der Waals surface area contributed by atoms with Crippen LogP contribution in [0.15, 0.2) is 52.3 Å². The highest BCUT2D eigenvalue weighted by Gasteiger charge is 2.36. The lowest BCUT2D eigenvalue weighted by Gasteiger charge is -2.19. The molecule has 2 aromatic carbocycles. The smallest absolute Gasteiger partial charge is 0.325 e. The largest absolute Gasteiger partial charge is 0.337 e. The van der Waals surface area contributed by atoms with E-state index in [0.29, 0.717) is 15.7 Å². The molecule has 2 rings (SSSR count). The summed E-state index contributed by atoms with van der Waals surface area (Å²) >= 11 is 13.4. The van der Waals surface area contributed by atoms with Crippen molar-refractivity contribution in [1.29, 1.82) is 0 Å². The second kappa shape index (κ2) is 9.46. The van der Waals surface area contributed by atoms with Crippen LogP contribution in [0.1, 0.15) is 20.3 Å². The van der Waals surface area contributed by atoms with E-state index in [1.807, 2.05) is 19.9 Å². The minimum absolute atomic E-state index is 0.0154. The summed E-state index contributed by atoms with van der Waals surface area (Å²) in [6, 6.07) is 12.3. The summed E-state index contributed by atoms with van der Waals surface area (Å²) < 4.78 is 11.6. The molecule has 0 radical (unpaired) electrons. The fraction of sp³-hybridized carbons (Fsp3) is 0.278. The van der Waals surface area contributed by atoms with Crippen LogP contribution in [0.3, 0.4) is 0 Å². The molecule has 0 spiro atoms. The Labute approximate surface area is 172 Å². The molecular weight excluding hydrogens is 428 g/mol.